The van der Waals surface area contributed by atoms with Crippen molar-refractivity contribution in [2.24, 2.45) is 5.41 Å². The minimum absolute atomic E-state index is 0.0481. The molecule has 0 aromatic rings. The third-order valence-electron chi connectivity index (χ3n) is 2.46. The van der Waals surface area contributed by atoms with Crippen LogP contribution < -0.4 is 0 Å². The van der Waals surface area contributed by atoms with Crippen molar-refractivity contribution in [3.63, 3.8) is 0 Å². The molecule has 0 aromatic carbocycles. The molecular weight excluding hydrogens is 144 g/mol. The molecule has 0 saturated carbocycles. The topological polar surface area (TPSA) is 38.8 Å². The van der Waals surface area contributed by atoms with Gasteiger partial charge in [-0.2, -0.15) is 0 Å². The van der Waals surface area contributed by atoms with E-state index in [1.807, 2.05) is 6.92 Å². The fourth-order valence-electron chi connectivity index (χ4n) is 1.52. The number of hydrogen-bond donors (Lipinski definition) is 0. The molecule has 0 N–H and O–H groups in total. The molecule has 0 radical (unpaired) electrons. The predicted octanol–water partition coefficient (Wildman–Crippen LogP) is 0.728. The zero-order valence-corrected chi connectivity index (χ0v) is 6.63. The molecular formula is C8H12O3. The van der Waals surface area contributed by atoms with E-state index in [0.717, 1.165) is 19.4 Å². The first-order valence-electron chi connectivity index (χ1n) is 3.99. The lowest BCUT2D eigenvalue weighted by molar-refractivity contribution is -0.146. The first kappa shape index (κ1) is 7.10. The Kier molecular flexibility index (Phi) is 1.42. The van der Waals surface area contributed by atoms with Crippen LogP contribution in [0.2, 0.25) is 0 Å². The van der Waals surface area contributed by atoms with Gasteiger partial charge >= 0.3 is 5.97 Å². The van der Waals surface area contributed by atoms with Gasteiger partial charge in [0.15, 0.2) is 0 Å². The fraction of sp³-hybridized carbons (Fsp3) is 0.875. The molecule has 2 heterocycles. The second-order valence-electron chi connectivity index (χ2n) is 3.61. The second kappa shape index (κ2) is 2.21. The Morgan fingerprint density at radius 1 is 1.73 bits per heavy atom. The number of carbonyl (C=O) groups excluding carboxylic acids is 1. The summed E-state index contributed by atoms with van der Waals surface area (Å²) in [4.78, 5) is 11.2. The van der Waals surface area contributed by atoms with Crippen molar-refractivity contribution in [3.8, 4) is 0 Å². The zero-order valence-electron chi connectivity index (χ0n) is 6.63. The number of esters is 1. The van der Waals surface area contributed by atoms with Gasteiger partial charge in [-0.3, -0.25) is 4.79 Å². The standard InChI is InChI=1S/C8H12O3/c1-8(4-6-5-11-6)2-3-10-7(8)9/h6H,2-5H2,1H3/t6-,8?/m0/s1. The highest BCUT2D eigenvalue weighted by molar-refractivity contribution is 5.78. The van der Waals surface area contributed by atoms with Gasteiger partial charge in [-0.25, -0.2) is 0 Å². The highest BCUT2D eigenvalue weighted by Gasteiger charge is 2.44. The Hall–Kier alpha value is -0.570. The number of cyclic esters (lactones) is 1. The summed E-state index contributed by atoms with van der Waals surface area (Å²) in [6.45, 7) is 3.37. The molecule has 0 aromatic heterocycles. The van der Waals surface area contributed by atoms with Crippen LogP contribution >= 0.6 is 0 Å². The Balaban J connectivity index is 2.00. The van der Waals surface area contributed by atoms with E-state index in [0.29, 0.717) is 12.7 Å². The lowest BCUT2D eigenvalue weighted by atomic mass is 9.84. The summed E-state index contributed by atoms with van der Waals surface area (Å²) < 4.78 is 9.98. The summed E-state index contributed by atoms with van der Waals surface area (Å²) in [6.07, 6.45) is 2.02. The Morgan fingerprint density at radius 3 is 2.91 bits per heavy atom. The van der Waals surface area contributed by atoms with Crippen LogP contribution in [0.25, 0.3) is 0 Å². The normalized spacial score (nSPS) is 42.3. The SMILES string of the molecule is CC1(C[C@H]2CO2)CCOC1=O. The maximum absolute atomic E-state index is 11.2. The van der Waals surface area contributed by atoms with Crippen LogP contribution in [0.15, 0.2) is 0 Å². The highest BCUT2D eigenvalue weighted by atomic mass is 16.6. The molecule has 2 saturated heterocycles. The summed E-state index contributed by atoms with van der Waals surface area (Å²) in [7, 11) is 0. The number of ether oxygens (including phenoxy) is 2. The third kappa shape index (κ3) is 1.25. The molecule has 1 unspecified atom stereocenters. The van der Waals surface area contributed by atoms with Gasteiger partial charge in [0.1, 0.15) is 0 Å². The quantitative estimate of drug-likeness (QED) is 0.437. The van der Waals surface area contributed by atoms with Crippen molar-refractivity contribution in [1.82, 2.24) is 0 Å². The smallest absolute Gasteiger partial charge is 0.312 e. The molecule has 11 heavy (non-hydrogen) atoms. The van der Waals surface area contributed by atoms with Crippen molar-refractivity contribution >= 4 is 5.97 Å². The summed E-state index contributed by atoms with van der Waals surface area (Å²) in [5.41, 5.74) is -0.249. The van der Waals surface area contributed by atoms with Crippen molar-refractivity contribution in [1.29, 1.82) is 0 Å². The van der Waals surface area contributed by atoms with Crippen LogP contribution in [-0.4, -0.2) is 25.3 Å². The number of rotatable bonds is 2. The van der Waals surface area contributed by atoms with Gasteiger partial charge in [0.2, 0.25) is 0 Å². The van der Waals surface area contributed by atoms with Crippen LogP contribution in [0.1, 0.15) is 19.8 Å². The van der Waals surface area contributed by atoms with E-state index in [1.165, 1.54) is 0 Å². The molecule has 2 aliphatic heterocycles. The van der Waals surface area contributed by atoms with Gasteiger partial charge < -0.3 is 9.47 Å². The molecule has 0 spiro atoms. The lowest BCUT2D eigenvalue weighted by Crippen LogP contribution is -2.24. The summed E-state index contributed by atoms with van der Waals surface area (Å²) >= 11 is 0. The average molecular weight is 156 g/mol. The van der Waals surface area contributed by atoms with Crippen LogP contribution in [0, 0.1) is 5.41 Å². The average Bonchev–Trinajstić information content (AvgIpc) is 2.66. The second-order valence-corrected chi connectivity index (χ2v) is 3.61. The Labute approximate surface area is 65.7 Å². The lowest BCUT2D eigenvalue weighted by Gasteiger charge is -2.16. The van der Waals surface area contributed by atoms with Crippen LogP contribution in [0.3, 0.4) is 0 Å². The van der Waals surface area contributed by atoms with Gasteiger partial charge in [0.05, 0.1) is 24.7 Å². The van der Waals surface area contributed by atoms with Crippen molar-refractivity contribution in [2.45, 2.75) is 25.9 Å². The van der Waals surface area contributed by atoms with E-state index in [9.17, 15) is 4.79 Å². The molecule has 0 aliphatic carbocycles. The molecule has 2 aliphatic rings. The molecule has 2 rings (SSSR count). The largest absolute Gasteiger partial charge is 0.465 e. The predicted molar refractivity (Wildman–Crippen MR) is 38.0 cm³/mol. The van der Waals surface area contributed by atoms with Crippen LogP contribution in [0.5, 0.6) is 0 Å². The van der Waals surface area contributed by atoms with E-state index >= 15 is 0 Å². The van der Waals surface area contributed by atoms with E-state index in [1.54, 1.807) is 0 Å². The van der Waals surface area contributed by atoms with Crippen molar-refractivity contribution in [2.75, 3.05) is 13.2 Å². The molecule has 0 bridgehead atoms. The minimum Gasteiger partial charge on any atom is -0.465 e. The van der Waals surface area contributed by atoms with Crippen LogP contribution in [0.4, 0.5) is 0 Å². The number of hydrogen-bond acceptors (Lipinski definition) is 3. The first-order chi connectivity index (χ1) is 5.21. The van der Waals surface area contributed by atoms with Gasteiger partial charge in [-0.05, 0) is 19.8 Å². The summed E-state index contributed by atoms with van der Waals surface area (Å²) in [6, 6.07) is 0. The zero-order chi connectivity index (χ0) is 7.90. The van der Waals surface area contributed by atoms with Gasteiger partial charge in [0.25, 0.3) is 0 Å². The van der Waals surface area contributed by atoms with Crippen LogP contribution in [-0.2, 0) is 14.3 Å². The molecule has 2 fully saturated rings. The third-order valence-corrected chi connectivity index (χ3v) is 2.46. The Morgan fingerprint density at radius 2 is 2.45 bits per heavy atom. The number of carbonyl (C=O) groups is 1. The first-order valence-corrected chi connectivity index (χ1v) is 3.99. The van der Waals surface area contributed by atoms with E-state index in [2.05, 4.69) is 0 Å². The van der Waals surface area contributed by atoms with Crippen molar-refractivity contribution < 1.29 is 14.3 Å². The molecule has 3 nitrogen and oxygen atoms in total. The fourth-order valence-corrected chi connectivity index (χ4v) is 1.52. The van der Waals surface area contributed by atoms with Gasteiger partial charge in [-0.1, -0.05) is 0 Å². The van der Waals surface area contributed by atoms with Crippen molar-refractivity contribution in [3.05, 3.63) is 0 Å². The minimum atomic E-state index is -0.249. The summed E-state index contributed by atoms with van der Waals surface area (Å²) in [5, 5.41) is 0. The van der Waals surface area contributed by atoms with Gasteiger partial charge in [-0.15, -0.1) is 0 Å². The molecule has 2 atom stereocenters. The maximum atomic E-state index is 11.2. The summed E-state index contributed by atoms with van der Waals surface area (Å²) in [5.74, 6) is -0.0481. The van der Waals surface area contributed by atoms with E-state index < -0.39 is 0 Å². The monoisotopic (exact) mass is 156 g/mol. The number of epoxide rings is 1. The molecule has 3 heteroatoms. The van der Waals surface area contributed by atoms with E-state index in [-0.39, 0.29) is 11.4 Å². The highest BCUT2D eigenvalue weighted by Crippen LogP contribution is 2.37. The molecule has 62 valence electrons. The Bertz CT molecular complexity index is 186. The van der Waals surface area contributed by atoms with E-state index in [4.69, 9.17) is 9.47 Å². The van der Waals surface area contributed by atoms with Gasteiger partial charge in [0, 0.05) is 0 Å². The molecule has 0 amide bonds. The maximum Gasteiger partial charge on any atom is 0.312 e.